The molecule has 1 amide bonds. The number of para-hydroxylation sites is 1. The largest absolute Gasteiger partial charge is 0.417 e. The topological polar surface area (TPSA) is 38.3 Å². The normalized spacial score (nSPS) is 13.7. The Morgan fingerprint density at radius 1 is 1.23 bits per heavy atom. The van der Waals surface area contributed by atoms with Crippen molar-refractivity contribution in [1.82, 2.24) is 0 Å². The van der Waals surface area contributed by atoms with E-state index in [1.165, 1.54) is 0 Å². The molecule has 124 valence electrons. The van der Waals surface area contributed by atoms with Crippen LogP contribution in [0.3, 0.4) is 0 Å². The zero-order chi connectivity index (χ0) is 16.8. The van der Waals surface area contributed by atoms with Crippen molar-refractivity contribution in [3.05, 3.63) is 30.3 Å². The fraction of sp³-hybridized carbons (Fsp3) is 0.611. The Labute approximate surface area is 136 Å². The van der Waals surface area contributed by atoms with Gasteiger partial charge in [0.1, 0.15) is 0 Å². The fourth-order valence-electron chi connectivity index (χ4n) is 1.88. The van der Waals surface area contributed by atoms with Crippen LogP contribution in [0.25, 0.3) is 0 Å². The van der Waals surface area contributed by atoms with E-state index in [-0.39, 0.29) is 10.9 Å². The molecular formula is C18H31NO2Si. The van der Waals surface area contributed by atoms with Gasteiger partial charge >= 0.3 is 0 Å². The Kier molecular flexibility index (Phi) is 6.82. The average Bonchev–Trinajstić information content (AvgIpc) is 2.37. The third kappa shape index (κ3) is 6.32. The van der Waals surface area contributed by atoms with Crippen LogP contribution in [0.1, 0.15) is 40.5 Å². The van der Waals surface area contributed by atoms with Crippen molar-refractivity contribution in [3.8, 4) is 0 Å². The number of anilines is 1. The predicted molar refractivity (Wildman–Crippen MR) is 96.6 cm³/mol. The molecule has 1 rings (SSSR count). The van der Waals surface area contributed by atoms with Crippen LogP contribution in [0.2, 0.25) is 18.1 Å². The highest BCUT2D eigenvalue weighted by Crippen LogP contribution is 2.36. The molecule has 4 heteroatoms. The second-order valence-corrected chi connectivity index (χ2v) is 12.4. The lowest BCUT2D eigenvalue weighted by Crippen LogP contribution is -2.41. The zero-order valence-corrected chi connectivity index (χ0v) is 15.9. The molecule has 1 atom stereocenters. The number of carbonyl (C=O) groups excluding carboxylic acids is 1. The van der Waals surface area contributed by atoms with Gasteiger partial charge in [-0.05, 0) is 42.6 Å². The summed E-state index contributed by atoms with van der Waals surface area (Å²) in [7, 11) is -1.67. The molecule has 0 radical (unpaired) electrons. The first-order chi connectivity index (χ1) is 10.1. The second kappa shape index (κ2) is 7.93. The van der Waals surface area contributed by atoms with E-state index in [0.717, 1.165) is 18.7 Å². The maximum atomic E-state index is 12.0. The molecule has 22 heavy (non-hydrogen) atoms. The van der Waals surface area contributed by atoms with Gasteiger partial charge in [0.25, 0.3) is 0 Å². The van der Waals surface area contributed by atoms with Crippen LogP contribution >= 0.6 is 0 Å². The Morgan fingerprint density at radius 2 is 1.82 bits per heavy atom. The number of rotatable bonds is 7. The van der Waals surface area contributed by atoms with Crippen molar-refractivity contribution >= 4 is 19.9 Å². The van der Waals surface area contributed by atoms with E-state index in [4.69, 9.17) is 4.43 Å². The molecule has 0 saturated heterocycles. The number of benzene rings is 1. The highest BCUT2D eigenvalue weighted by atomic mass is 28.4. The van der Waals surface area contributed by atoms with Gasteiger partial charge in [0.05, 0.1) is 0 Å². The highest BCUT2D eigenvalue weighted by molar-refractivity contribution is 6.74. The highest BCUT2D eigenvalue weighted by Gasteiger charge is 2.36. The summed E-state index contributed by atoms with van der Waals surface area (Å²) in [6.45, 7) is 14.1. The summed E-state index contributed by atoms with van der Waals surface area (Å²) in [6, 6.07) is 9.60. The Balaban J connectivity index is 2.32. The quantitative estimate of drug-likeness (QED) is 0.713. The molecular weight excluding hydrogens is 290 g/mol. The van der Waals surface area contributed by atoms with E-state index in [0.29, 0.717) is 12.3 Å². The number of nitrogens with one attached hydrogen (secondary N) is 1. The van der Waals surface area contributed by atoms with E-state index < -0.39 is 8.32 Å². The van der Waals surface area contributed by atoms with Crippen molar-refractivity contribution in [2.45, 2.75) is 58.7 Å². The Bertz CT molecular complexity index is 466. The summed E-state index contributed by atoms with van der Waals surface area (Å²) in [5.74, 6) is 0.402. The molecule has 1 N–H and O–H groups in total. The van der Waals surface area contributed by atoms with Crippen LogP contribution in [-0.4, -0.2) is 20.8 Å². The first-order valence-corrected chi connectivity index (χ1v) is 11.0. The van der Waals surface area contributed by atoms with Gasteiger partial charge in [-0.15, -0.1) is 0 Å². The lowest BCUT2D eigenvalue weighted by atomic mass is 10.0. The summed E-state index contributed by atoms with van der Waals surface area (Å²) in [6.07, 6.45) is 1.46. The first kappa shape index (κ1) is 18.9. The molecule has 0 saturated carbocycles. The van der Waals surface area contributed by atoms with Crippen LogP contribution < -0.4 is 5.32 Å². The SMILES string of the molecule is C[C@H](CCO[Si](C)(C)C(C)(C)C)CC(=O)Nc1ccccc1. The number of amides is 1. The molecule has 0 heterocycles. The van der Waals surface area contributed by atoms with Gasteiger partial charge in [0.2, 0.25) is 5.91 Å². The molecule has 1 aromatic rings. The third-order valence-corrected chi connectivity index (χ3v) is 9.01. The van der Waals surface area contributed by atoms with E-state index >= 15 is 0 Å². The van der Waals surface area contributed by atoms with Gasteiger partial charge < -0.3 is 9.74 Å². The smallest absolute Gasteiger partial charge is 0.224 e. The van der Waals surface area contributed by atoms with Crippen LogP contribution in [-0.2, 0) is 9.22 Å². The lowest BCUT2D eigenvalue weighted by Gasteiger charge is -2.36. The molecule has 0 aromatic heterocycles. The first-order valence-electron chi connectivity index (χ1n) is 8.11. The van der Waals surface area contributed by atoms with Crippen molar-refractivity contribution in [2.24, 2.45) is 5.92 Å². The van der Waals surface area contributed by atoms with Crippen LogP contribution in [0.5, 0.6) is 0 Å². The predicted octanol–water partition coefficient (Wildman–Crippen LogP) is 5.06. The lowest BCUT2D eigenvalue weighted by molar-refractivity contribution is -0.117. The number of carbonyl (C=O) groups is 1. The van der Waals surface area contributed by atoms with Gasteiger partial charge in [-0.25, -0.2) is 0 Å². The molecule has 0 fully saturated rings. The fourth-order valence-corrected chi connectivity index (χ4v) is 2.95. The Hall–Kier alpha value is -1.13. The van der Waals surface area contributed by atoms with Gasteiger partial charge in [-0.3, -0.25) is 4.79 Å². The van der Waals surface area contributed by atoms with E-state index in [1.807, 2.05) is 30.3 Å². The Morgan fingerprint density at radius 3 is 2.36 bits per heavy atom. The van der Waals surface area contributed by atoms with E-state index in [2.05, 4.69) is 46.1 Å². The summed E-state index contributed by atoms with van der Waals surface area (Å²) in [5, 5.41) is 3.17. The van der Waals surface area contributed by atoms with Gasteiger partial charge in [-0.2, -0.15) is 0 Å². The molecule has 1 aromatic carbocycles. The summed E-state index contributed by atoms with van der Waals surface area (Å²) in [4.78, 5) is 12.0. The van der Waals surface area contributed by atoms with Crippen LogP contribution in [0.15, 0.2) is 30.3 Å². The van der Waals surface area contributed by atoms with Gasteiger partial charge in [-0.1, -0.05) is 45.9 Å². The summed E-state index contributed by atoms with van der Waals surface area (Å²) >= 11 is 0. The maximum Gasteiger partial charge on any atom is 0.224 e. The summed E-state index contributed by atoms with van der Waals surface area (Å²) in [5.41, 5.74) is 0.859. The van der Waals surface area contributed by atoms with E-state index in [9.17, 15) is 4.79 Å². The molecule has 0 aliphatic rings. The standard InChI is InChI=1S/C18H31NO2Si/c1-15(12-13-21-22(5,6)18(2,3)4)14-17(20)19-16-10-8-7-9-11-16/h7-11,15H,12-14H2,1-6H3,(H,19,20)/t15-/m1/s1. The van der Waals surface area contributed by atoms with Crippen LogP contribution in [0, 0.1) is 5.92 Å². The summed E-state index contributed by atoms with van der Waals surface area (Å²) < 4.78 is 6.17. The van der Waals surface area contributed by atoms with E-state index in [1.54, 1.807) is 0 Å². The maximum absolute atomic E-state index is 12.0. The monoisotopic (exact) mass is 321 g/mol. The van der Waals surface area contributed by atoms with Gasteiger partial charge in [0, 0.05) is 18.7 Å². The minimum atomic E-state index is -1.67. The van der Waals surface area contributed by atoms with Crippen LogP contribution in [0.4, 0.5) is 5.69 Å². The minimum Gasteiger partial charge on any atom is -0.417 e. The molecule has 0 spiro atoms. The number of hydrogen-bond donors (Lipinski definition) is 1. The molecule has 0 bridgehead atoms. The molecule has 0 aliphatic heterocycles. The zero-order valence-electron chi connectivity index (χ0n) is 14.9. The minimum absolute atomic E-state index is 0.0750. The number of hydrogen-bond acceptors (Lipinski definition) is 2. The third-order valence-electron chi connectivity index (χ3n) is 4.47. The molecule has 3 nitrogen and oxygen atoms in total. The van der Waals surface area contributed by atoms with Gasteiger partial charge in [0.15, 0.2) is 8.32 Å². The average molecular weight is 322 g/mol. The molecule has 0 aliphatic carbocycles. The van der Waals surface area contributed by atoms with Crippen molar-refractivity contribution in [1.29, 1.82) is 0 Å². The van der Waals surface area contributed by atoms with Crippen molar-refractivity contribution < 1.29 is 9.22 Å². The van der Waals surface area contributed by atoms with Crippen molar-refractivity contribution in [3.63, 3.8) is 0 Å². The molecule has 0 unspecified atom stereocenters. The second-order valence-electron chi connectivity index (χ2n) is 7.62. The van der Waals surface area contributed by atoms with Crippen molar-refractivity contribution in [2.75, 3.05) is 11.9 Å².